The SMILES string of the molecule is CCc1sc(C(=O)OCC(=O)Nc2c(Cl)cc(Cl)cc2Cl)cc1C. The predicted octanol–water partition coefficient (Wildman–Crippen LogP) is 5.37. The van der Waals surface area contributed by atoms with E-state index in [1.165, 1.54) is 23.5 Å². The topological polar surface area (TPSA) is 55.4 Å². The van der Waals surface area contributed by atoms with Crippen molar-refractivity contribution in [1.82, 2.24) is 0 Å². The molecule has 0 fully saturated rings. The first kappa shape index (κ1) is 19.1. The molecule has 1 aromatic heterocycles. The van der Waals surface area contributed by atoms with E-state index in [0.717, 1.165) is 16.9 Å². The summed E-state index contributed by atoms with van der Waals surface area (Å²) >= 11 is 19.1. The first-order chi connectivity index (χ1) is 11.3. The van der Waals surface area contributed by atoms with Crippen molar-refractivity contribution in [3.63, 3.8) is 0 Å². The van der Waals surface area contributed by atoms with Crippen molar-refractivity contribution < 1.29 is 14.3 Å². The Morgan fingerprint density at radius 2 is 1.79 bits per heavy atom. The van der Waals surface area contributed by atoms with Gasteiger partial charge in [-0.25, -0.2) is 4.79 Å². The fraction of sp³-hybridized carbons (Fsp3) is 0.250. The lowest BCUT2D eigenvalue weighted by molar-refractivity contribution is -0.119. The van der Waals surface area contributed by atoms with E-state index in [1.54, 1.807) is 6.07 Å². The lowest BCUT2D eigenvalue weighted by Crippen LogP contribution is -2.21. The zero-order valence-corrected chi connectivity index (χ0v) is 16.0. The van der Waals surface area contributed by atoms with Crippen molar-refractivity contribution in [1.29, 1.82) is 0 Å². The zero-order valence-electron chi connectivity index (χ0n) is 12.9. The number of aryl methyl sites for hydroxylation is 2. The van der Waals surface area contributed by atoms with Crippen LogP contribution in [0.3, 0.4) is 0 Å². The second kappa shape index (κ2) is 8.21. The molecule has 1 heterocycles. The smallest absolute Gasteiger partial charge is 0.348 e. The monoisotopic (exact) mass is 405 g/mol. The molecule has 4 nitrogen and oxygen atoms in total. The van der Waals surface area contributed by atoms with Gasteiger partial charge in [0, 0.05) is 9.90 Å². The quantitative estimate of drug-likeness (QED) is 0.679. The summed E-state index contributed by atoms with van der Waals surface area (Å²) in [6.45, 7) is 3.51. The fourth-order valence-corrected chi connectivity index (χ4v) is 3.93. The van der Waals surface area contributed by atoms with Gasteiger partial charge in [-0.05, 0) is 37.1 Å². The highest BCUT2D eigenvalue weighted by molar-refractivity contribution is 7.14. The van der Waals surface area contributed by atoms with Crippen LogP contribution in [0.5, 0.6) is 0 Å². The van der Waals surface area contributed by atoms with Crippen LogP contribution < -0.4 is 5.32 Å². The standard InChI is InChI=1S/C16H14Cl3NO3S/c1-3-12-8(2)4-13(24-12)16(22)23-7-14(21)20-15-10(18)5-9(17)6-11(15)19/h4-6H,3,7H2,1-2H3,(H,20,21). The molecule has 0 aliphatic carbocycles. The molecule has 0 bridgehead atoms. The third kappa shape index (κ3) is 4.63. The lowest BCUT2D eigenvalue weighted by Gasteiger charge is -2.10. The number of esters is 1. The second-order valence-corrected chi connectivity index (χ2v) is 7.33. The van der Waals surface area contributed by atoms with Crippen molar-refractivity contribution in [3.8, 4) is 0 Å². The molecule has 1 N–H and O–H groups in total. The van der Waals surface area contributed by atoms with Gasteiger partial charge in [0.15, 0.2) is 6.61 Å². The Labute approximate surface area is 158 Å². The summed E-state index contributed by atoms with van der Waals surface area (Å²) in [5, 5.41) is 3.27. The van der Waals surface area contributed by atoms with Gasteiger partial charge in [0.25, 0.3) is 5.91 Å². The molecule has 2 rings (SSSR count). The third-order valence-electron chi connectivity index (χ3n) is 3.15. The number of carbonyl (C=O) groups excluding carboxylic acids is 2. The normalized spacial score (nSPS) is 10.5. The van der Waals surface area contributed by atoms with Crippen LogP contribution in [0.4, 0.5) is 5.69 Å². The van der Waals surface area contributed by atoms with Gasteiger partial charge in [0.2, 0.25) is 0 Å². The number of thiophene rings is 1. The van der Waals surface area contributed by atoms with E-state index in [2.05, 4.69) is 5.32 Å². The number of rotatable bonds is 5. The van der Waals surface area contributed by atoms with E-state index in [0.29, 0.717) is 9.90 Å². The van der Waals surface area contributed by atoms with E-state index in [1.807, 2.05) is 13.8 Å². The predicted molar refractivity (Wildman–Crippen MR) is 98.8 cm³/mol. The summed E-state index contributed by atoms with van der Waals surface area (Å²) < 4.78 is 5.03. The Hall–Kier alpha value is -1.27. The van der Waals surface area contributed by atoms with Gasteiger partial charge in [-0.3, -0.25) is 4.79 Å². The van der Waals surface area contributed by atoms with Crippen molar-refractivity contribution in [2.24, 2.45) is 0 Å². The number of carbonyl (C=O) groups is 2. The first-order valence-electron chi connectivity index (χ1n) is 7.02. The van der Waals surface area contributed by atoms with Gasteiger partial charge in [-0.15, -0.1) is 11.3 Å². The third-order valence-corrected chi connectivity index (χ3v) is 5.32. The maximum Gasteiger partial charge on any atom is 0.348 e. The van der Waals surface area contributed by atoms with Gasteiger partial charge in [0.05, 0.1) is 15.7 Å². The molecular formula is C16H14Cl3NO3S. The lowest BCUT2D eigenvalue weighted by atomic mass is 10.2. The van der Waals surface area contributed by atoms with Gasteiger partial charge in [-0.1, -0.05) is 41.7 Å². The molecule has 0 radical (unpaired) electrons. The Kier molecular flexibility index (Phi) is 6.52. The van der Waals surface area contributed by atoms with E-state index < -0.39 is 18.5 Å². The van der Waals surface area contributed by atoms with Gasteiger partial charge >= 0.3 is 5.97 Å². The molecule has 0 saturated carbocycles. The number of amides is 1. The molecule has 2 aromatic rings. The molecule has 24 heavy (non-hydrogen) atoms. The second-order valence-electron chi connectivity index (χ2n) is 4.94. The van der Waals surface area contributed by atoms with Crippen molar-refractivity contribution in [2.75, 3.05) is 11.9 Å². The van der Waals surface area contributed by atoms with Crippen LogP contribution in [0.15, 0.2) is 18.2 Å². The molecule has 0 spiro atoms. The first-order valence-corrected chi connectivity index (χ1v) is 8.97. The number of nitrogens with one attached hydrogen (secondary N) is 1. The van der Waals surface area contributed by atoms with Gasteiger partial charge < -0.3 is 10.1 Å². The Bertz CT molecular complexity index is 766. The molecule has 1 amide bonds. The largest absolute Gasteiger partial charge is 0.451 e. The van der Waals surface area contributed by atoms with Crippen LogP contribution in [0.25, 0.3) is 0 Å². The minimum Gasteiger partial charge on any atom is -0.451 e. The molecule has 0 aliphatic heterocycles. The average molecular weight is 407 g/mol. The summed E-state index contributed by atoms with van der Waals surface area (Å²) in [6, 6.07) is 4.67. The van der Waals surface area contributed by atoms with Crippen LogP contribution in [0.2, 0.25) is 15.1 Å². The summed E-state index contributed by atoms with van der Waals surface area (Å²) in [5.41, 5.74) is 1.27. The number of hydrogen-bond donors (Lipinski definition) is 1. The summed E-state index contributed by atoms with van der Waals surface area (Å²) in [6.07, 6.45) is 0.845. The van der Waals surface area contributed by atoms with E-state index in [9.17, 15) is 9.59 Å². The Morgan fingerprint density at radius 3 is 2.33 bits per heavy atom. The van der Waals surface area contributed by atoms with Crippen LogP contribution in [0.1, 0.15) is 27.0 Å². The summed E-state index contributed by atoms with van der Waals surface area (Å²) in [7, 11) is 0. The number of halogens is 3. The maximum absolute atomic E-state index is 12.0. The van der Waals surface area contributed by atoms with E-state index in [4.69, 9.17) is 39.5 Å². The van der Waals surface area contributed by atoms with Crippen molar-refractivity contribution in [2.45, 2.75) is 20.3 Å². The molecule has 8 heteroatoms. The van der Waals surface area contributed by atoms with E-state index >= 15 is 0 Å². The number of benzene rings is 1. The van der Waals surface area contributed by atoms with Crippen LogP contribution >= 0.6 is 46.1 Å². The average Bonchev–Trinajstić information content (AvgIpc) is 2.89. The molecule has 0 saturated heterocycles. The van der Waals surface area contributed by atoms with Gasteiger partial charge in [-0.2, -0.15) is 0 Å². The minimum absolute atomic E-state index is 0.202. The summed E-state index contributed by atoms with van der Waals surface area (Å²) in [5.74, 6) is -1.08. The fourth-order valence-electron chi connectivity index (χ4n) is 2.01. The molecule has 0 aliphatic rings. The molecule has 1 aromatic carbocycles. The number of anilines is 1. The van der Waals surface area contributed by atoms with Crippen molar-refractivity contribution in [3.05, 3.63) is 48.6 Å². The molecule has 0 atom stereocenters. The van der Waals surface area contributed by atoms with Crippen LogP contribution in [-0.4, -0.2) is 18.5 Å². The van der Waals surface area contributed by atoms with E-state index in [-0.39, 0.29) is 15.7 Å². The van der Waals surface area contributed by atoms with Gasteiger partial charge in [0.1, 0.15) is 4.88 Å². The van der Waals surface area contributed by atoms with Crippen LogP contribution in [-0.2, 0) is 16.0 Å². The highest BCUT2D eigenvalue weighted by atomic mass is 35.5. The molecule has 128 valence electrons. The zero-order chi connectivity index (χ0) is 17.9. The molecule has 0 unspecified atom stereocenters. The Balaban J connectivity index is 1.97. The van der Waals surface area contributed by atoms with Crippen LogP contribution in [0, 0.1) is 6.92 Å². The Morgan fingerprint density at radius 1 is 1.17 bits per heavy atom. The summed E-state index contributed by atoms with van der Waals surface area (Å²) in [4.78, 5) is 25.5. The van der Waals surface area contributed by atoms with Crippen molar-refractivity contribution >= 4 is 63.7 Å². The maximum atomic E-state index is 12.0. The highest BCUT2D eigenvalue weighted by Gasteiger charge is 2.16. The highest BCUT2D eigenvalue weighted by Crippen LogP contribution is 2.33. The molecular weight excluding hydrogens is 393 g/mol. The number of hydrogen-bond acceptors (Lipinski definition) is 4. The minimum atomic E-state index is -0.543. The number of ether oxygens (including phenoxy) is 1.